The van der Waals surface area contributed by atoms with Gasteiger partial charge in [-0.15, -0.1) is 0 Å². The highest BCUT2D eigenvalue weighted by atomic mass is 16.5. The summed E-state index contributed by atoms with van der Waals surface area (Å²) in [4.78, 5) is 0. The monoisotopic (exact) mass is 378 g/mol. The van der Waals surface area contributed by atoms with E-state index >= 15 is 0 Å². The van der Waals surface area contributed by atoms with E-state index in [-0.39, 0.29) is 6.10 Å². The minimum atomic E-state index is -0.149. The van der Waals surface area contributed by atoms with Gasteiger partial charge < -0.3 is 9.47 Å². The topological polar surface area (TPSA) is 18.5 Å². The molecule has 2 nitrogen and oxygen atoms in total. The number of methoxy groups -OCH3 is 1. The van der Waals surface area contributed by atoms with Crippen LogP contribution >= 0.6 is 0 Å². The lowest BCUT2D eigenvalue weighted by molar-refractivity contribution is 0.251. The summed E-state index contributed by atoms with van der Waals surface area (Å²) in [7, 11) is 1.68. The number of rotatable bonds is 3. The summed E-state index contributed by atoms with van der Waals surface area (Å²) in [5, 5.41) is 2.44. The van der Waals surface area contributed by atoms with Crippen LogP contribution in [0.1, 0.15) is 28.4 Å². The van der Waals surface area contributed by atoms with Gasteiger partial charge in [-0.2, -0.15) is 0 Å². The lowest BCUT2D eigenvalue weighted by Crippen LogP contribution is -2.13. The molecule has 142 valence electrons. The van der Waals surface area contributed by atoms with Crippen LogP contribution < -0.4 is 9.47 Å². The Kier molecular flexibility index (Phi) is 4.33. The summed E-state index contributed by atoms with van der Waals surface area (Å²) in [5.41, 5.74) is 6.00. The van der Waals surface area contributed by atoms with Crippen molar-refractivity contribution in [2.24, 2.45) is 0 Å². The van der Waals surface area contributed by atoms with Crippen molar-refractivity contribution >= 4 is 16.3 Å². The predicted molar refractivity (Wildman–Crippen MR) is 119 cm³/mol. The van der Waals surface area contributed by atoms with Gasteiger partial charge in [0, 0.05) is 5.56 Å². The standard InChI is InChI=1S/C27H22O2/c1-18-7-3-5-9-22(18)24-17-26(20-11-14-21(28-2)15-12-20)29-25-16-13-19-8-4-6-10-23(19)27(24)25/h3-17,26H,1-2H3. The lowest BCUT2D eigenvalue weighted by Gasteiger charge is -2.28. The Hall–Kier alpha value is -3.52. The quantitative estimate of drug-likeness (QED) is 0.394. The number of fused-ring (bicyclic) bond motifs is 3. The fourth-order valence-electron chi connectivity index (χ4n) is 4.09. The van der Waals surface area contributed by atoms with Crippen LogP contribution in [0, 0.1) is 6.92 Å². The van der Waals surface area contributed by atoms with Gasteiger partial charge in [0.05, 0.1) is 7.11 Å². The average molecular weight is 378 g/mol. The van der Waals surface area contributed by atoms with E-state index in [1.54, 1.807) is 7.11 Å². The van der Waals surface area contributed by atoms with E-state index in [0.29, 0.717) is 0 Å². The van der Waals surface area contributed by atoms with E-state index in [2.05, 4.69) is 85.8 Å². The molecule has 0 fully saturated rings. The third-order valence-corrected chi connectivity index (χ3v) is 5.61. The molecule has 0 bridgehead atoms. The Morgan fingerprint density at radius 2 is 1.55 bits per heavy atom. The molecule has 0 spiro atoms. The van der Waals surface area contributed by atoms with Crippen LogP contribution in [-0.2, 0) is 0 Å². The van der Waals surface area contributed by atoms with Crippen molar-refractivity contribution in [1.29, 1.82) is 0 Å². The zero-order valence-corrected chi connectivity index (χ0v) is 16.6. The van der Waals surface area contributed by atoms with Gasteiger partial charge in [0.25, 0.3) is 0 Å². The highest BCUT2D eigenvalue weighted by molar-refractivity contribution is 6.01. The molecule has 1 heterocycles. The first-order chi connectivity index (χ1) is 14.2. The van der Waals surface area contributed by atoms with Crippen LogP contribution in [0.15, 0.2) is 91.0 Å². The normalized spacial score (nSPS) is 15.4. The second-order valence-corrected chi connectivity index (χ2v) is 7.37. The second-order valence-electron chi connectivity index (χ2n) is 7.37. The lowest BCUT2D eigenvalue weighted by atomic mass is 9.87. The molecule has 0 amide bonds. The zero-order valence-electron chi connectivity index (χ0n) is 16.6. The van der Waals surface area contributed by atoms with Gasteiger partial charge in [-0.25, -0.2) is 0 Å². The summed E-state index contributed by atoms with van der Waals surface area (Å²) >= 11 is 0. The van der Waals surface area contributed by atoms with Crippen LogP contribution in [0.4, 0.5) is 0 Å². The molecule has 1 aliphatic heterocycles. The van der Waals surface area contributed by atoms with Crippen molar-refractivity contribution in [2.45, 2.75) is 13.0 Å². The smallest absolute Gasteiger partial charge is 0.143 e. The first-order valence-corrected chi connectivity index (χ1v) is 9.85. The van der Waals surface area contributed by atoms with E-state index < -0.39 is 0 Å². The summed E-state index contributed by atoms with van der Waals surface area (Å²) in [6.07, 6.45) is 2.10. The van der Waals surface area contributed by atoms with Crippen molar-refractivity contribution in [3.63, 3.8) is 0 Å². The highest BCUT2D eigenvalue weighted by Crippen LogP contribution is 2.44. The second kappa shape index (κ2) is 7.14. The van der Waals surface area contributed by atoms with Gasteiger partial charge in [-0.3, -0.25) is 0 Å². The molecule has 0 radical (unpaired) electrons. The summed E-state index contributed by atoms with van der Waals surface area (Å²) in [6.45, 7) is 2.17. The van der Waals surface area contributed by atoms with Gasteiger partial charge in [-0.05, 0) is 64.2 Å². The Morgan fingerprint density at radius 1 is 0.793 bits per heavy atom. The maximum Gasteiger partial charge on any atom is 0.143 e. The Bertz CT molecular complexity index is 1220. The third kappa shape index (κ3) is 3.07. The maximum absolute atomic E-state index is 6.47. The van der Waals surface area contributed by atoms with Crippen LogP contribution in [0.25, 0.3) is 16.3 Å². The molecule has 1 aliphatic rings. The summed E-state index contributed by atoms with van der Waals surface area (Å²) in [5.74, 6) is 1.77. The Balaban J connectivity index is 1.73. The molecule has 1 atom stereocenters. The van der Waals surface area contributed by atoms with Crippen LogP contribution in [0.2, 0.25) is 0 Å². The molecule has 0 aliphatic carbocycles. The van der Waals surface area contributed by atoms with Crippen molar-refractivity contribution in [1.82, 2.24) is 0 Å². The molecule has 1 unspecified atom stereocenters. The maximum atomic E-state index is 6.47. The molecule has 0 aromatic heterocycles. The van der Waals surface area contributed by atoms with E-state index in [4.69, 9.17) is 9.47 Å². The van der Waals surface area contributed by atoms with Crippen molar-refractivity contribution in [3.05, 3.63) is 113 Å². The first-order valence-electron chi connectivity index (χ1n) is 9.85. The highest BCUT2D eigenvalue weighted by Gasteiger charge is 2.25. The third-order valence-electron chi connectivity index (χ3n) is 5.61. The fraction of sp³-hybridized carbons (Fsp3) is 0.111. The van der Waals surface area contributed by atoms with E-state index in [1.807, 2.05) is 12.1 Å². The summed E-state index contributed by atoms with van der Waals surface area (Å²) < 4.78 is 11.8. The number of ether oxygens (including phenoxy) is 2. The van der Waals surface area contributed by atoms with Gasteiger partial charge in [-0.1, -0.05) is 66.7 Å². The molecule has 0 saturated heterocycles. The number of aryl methyl sites for hydroxylation is 1. The molecular weight excluding hydrogens is 356 g/mol. The van der Waals surface area contributed by atoms with E-state index in [1.165, 1.54) is 33.0 Å². The average Bonchev–Trinajstić information content (AvgIpc) is 2.78. The van der Waals surface area contributed by atoms with Crippen molar-refractivity contribution in [3.8, 4) is 11.5 Å². The van der Waals surface area contributed by atoms with Crippen LogP contribution in [-0.4, -0.2) is 7.11 Å². The van der Waals surface area contributed by atoms with Gasteiger partial charge in [0.1, 0.15) is 17.6 Å². The molecule has 2 heteroatoms. The SMILES string of the molecule is COc1ccc(C2C=C(c3ccccc3C)c3c(ccc4ccccc34)O2)cc1. The molecule has 5 rings (SSSR count). The van der Waals surface area contributed by atoms with E-state index in [9.17, 15) is 0 Å². The van der Waals surface area contributed by atoms with Crippen LogP contribution in [0.3, 0.4) is 0 Å². The van der Waals surface area contributed by atoms with Crippen LogP contribution in [0.5, 0.6) is 11.5 Å². The van der Waals surface area contributed by atoms with Gasteiger partial charge in [0.15, 0.2) is 0 Å². The molecular formula is C27H22O2. The van der Waals surface area contributed by atoms with Gasteiger partial charge in [0.2, 0.25) is 0 Å². The van der Waals surface area contributed by atoms with Gasteiger partial charge >= 0.3 is 0 Å². The zero-order chi connectivity index (χ0) is 19.8. The Morgan fingerprint density at radius 3 is 2.34 bits per heavy atom. The summed E-state index contributed by atoms with van der Waals surface area (Å²) in [6, 6.07) is 29.4. The first kappa shape index (κ1) is 17.6. The molecule has 0 N–H and O–H groups in total. The number of hydrogen-bond donors (Lipinski definition) is 0. The minimum Gasteiger partial charge on any atom is -0.497 e. The molecule has 29 heavy (non-hydrogen) atoms. The largest absolute Gasteiger partial charge is 0.497 e. The number of hydrogen-bond acceptors (Lipinski definition) is 2. The molecule has 4 aromatic carbocycles. The molecule has 4 aromatic rings. The molecule has 0 saturated carbocycles. The minimum absolute atomic E-state index is 0.149. The van der Waals surface area contributed by atoms with Crippen molar-refractivity contribution in [2.75, 3.05) is 7.11 Å². The number of benzene rings is 4. The van der Waals surface area contributed by atoms with E-state index in [0.717, 1.165) is 17.1 Å². The fourth-order valence-corrected chi connectivity index (χ4v) is 4.09. The van der Waals surface area contributed by atoms with Crippen molar-refractivity contribution < 1.29 is 9.47 Å². The predicted octanol–water partition coefficient (Wildman–Crippen LogP) is 6.72. The Labute approximate surface area is 171 Å².